The van der Waals surface area contributed by atoms with Crippen LogP contribution >= 0.6 is 11.8 Å². The highest BCUT2D eigenvalue weighted by molar-refractivity contribution is 7.99. The van der Waals surface area contributed by atoms with E-state index < -0.39 is 36.8 Å². The molecule has 246 valence electrons. The number of carboxylic acid groups (broad SMARTS) is 1. The Bertz CT molecular complexity index is 1190. The smallest absolute Gasteiger partial charge is 0.453 e. The molecule has 2 aromatic rings. The van der Waals surface area contributed by atoms with Crippen LogP contribution in [0, 0.1) is 5.92 Å². The van der Waals surface area contributed by atoms with Crippen molar-refractivity contribution in [2.24, 2.45) is 5.92 Å². The average Bonchev–Trinajstić information content (AvgIpc) is 2.95. The van der Waals surface area contributed by atoms with E-state index in [1.165, 1.54) is 11.1 Å². The molecular formula is C34H45F5O4S. The molecule has 0 fully saturated rings. The fraction of sp³-hybridized carbons (Fsp3) is 0.618. The third-order valence-corrected chi connectivity index (χ3v) is 10.3. The highest BCUT2D eigenvalue weighted by atomic mass is 32.2. The van der Waals surface area contributed by atoms with Crippen LogP contribution in [0.2, 0.25) is 0 Å². The van der Waals surface area contributed by atoms with Crippen LogP contribution < -0.4 is 0 Å². The number of phenolic OH excluding ortho intramolecular Hbond substituents is 2. The summed E-state index contributed by atoms with van der Waals surface area (Å²) in [5.41, 5.74) is 2.40. The van der Waals surface area contributed by atoms with Crippen LogP contribution in [0.5, 0.6) is 11.5 Å². The van der Waals surface area contributed by atoms with Gasteiger partial charge in [-0.2, -0.15) is 22.0 Å². The summed E-state index contributed by atoms with van der Waals surface area (Å²) in [6, 6.07) is 13.3. The summed E-state index contributed by atoms with van der Waals surface area (Å²) < 4.78 is 63.3. The summed E-state index contributed by atoms with van der Waals surface area (Å²) in [5.74, 6) is -5.17. The fourth-order valence-electron chi connectivity index (χ4n) is 6.61. The van der Waals surface area contributed by atoms with Crippen molar-refractivity contribution < 1.29 is 42.1 Å². The Labute approximate surface area is 261 Å². The van der Waals surface area contributed by atoms with Crippen LogP contribution in [0.4, 0.5) is 22.0 Å². The molecule has 0 radical (unpaired) electrons. The number of halogens is 5. The Kier molecular flexibility index (Phi) is 13.2. The largest absolute Gasteiger partial charge is 0.508 e. The van der Waals surface area contributed by atoms with Crippen molar-refractivity contribution in [2.75, 3.05) is 5.75 Å². The Morgan fingerprint density at radius 1 is 0.886 bits per heavy atom. The molecule has 3 atom stereocenters. The van der Waals surface area contributed by atoms with E-state index in [1.54, 1.807) is 30.0 Å². The van der Waals surface area contributed by atoms with Crippen molar-refractivity contribution >= 4 is 17.7 Å². The Balaban J connectivity index is 1.47. The monoisotopic (exact) mass is 644 g/mol. The van der Waals surface area contributed by atoms with Crippen LogP contribution in [0.3, 0.4) is 0 Å². The summed E-state index contributed by atoms with van der Waals surface area (Å²) in [6.45, 7) is 2.20. The lowest BCUT2D eigenvalue weighted by Gasteiger charge is -2.46. The van der Waals surface area contributed by atoms with Gasteiger partial charge in [-0.15, -0.1) is 11.8 Å². The number of carboxylic acids is 1. The molecule has 0 aliphatic carbocycles. The lowest BCUT2D eigenvalue weighted by Crippen LogP contribution is -2.39. The summed E-state index contributed by atoms with van der Waals surface area (Å²) in [7, 11) is 0. The summed E-state index contributed by atoms with van der Waals surface area (Å²) >= 11 is 1.78. The van der Waals surface area contributed by atoms with Crippen LogP contribution in [-0.4, -0.2) is 39.1 Å². The van der Waals surface area contributed by atoms with Gasteiger partial charge >= 0.3 is 18.1 Å². The molecule has 3 N–H and O–H groups in total. The van der Waals surface area contributed by atoms with E-state index in [0.29, 0.717) is 6.42 Å². The second-order valence-electron chi connectivity index (χ2n) is 12.2. The van der Waals surface area contributed by atoms with Gasteiger partial charge in [0.25, 0.3) is 0 Å². The lowest BCUT2D eigenvalue weighted by atomic mass is 9.64. The maximum Gasteiger partial charge on any atom is 0.453 e. The molecule has 1 aliphatic heterocycles. The first-order valence-corrected chi connectivity index (χ1v) is 16.7. The molecule has 44 heavy (non-hydrogen) atoms. The molecule has 1 heterocycles. The molecule has 10 heteroatoms. The minimum Gasteiger partial charge on any atom is -0.508 e. The second-order valence-corrected chi connectivity index (χ2v) is 13.2. The van der Waals surface area contributed by atoms with Crippen molar-refractivity contribution in [3.63, 3.8) is 0 Å². The molecule has 1 aliphatic rings. The first-order valence-electron chi connectivity index (χ1n) is 15.7. The zero-order valence-corrected chi connectivity index (χ0v) is 26.2. The number of carbonyl (C=O) groups is 1. The minimum atomic E-state index is -5.61. The van der Waals surface area contributed by atoms with Crippen molar-refractivity contribution in [1.29, 1.82) is 0 Å². The molecular weight excluding hydrogens is 599 g/mol. The minimum absolute atomic E-state index is 0.0829. The number of hydrogen-bond donors (Lipinski definition) is 3. The van der Waals surface area contributed by atoms with Gasteiger partial charge in [-0.25, -0.2) is 0 Å². The third kappa shape index (κ3) is 9.51. The highest BCUT2D eigenvalue weighted by Gasteiger charge is 2.56. The van der Waals surface area contributed by atoms with Gasteiger partial charge in [0, 0.05) is 22.5 Å². The van der Waals surface area contributed by atoms with E-state index in [4.69, 9.17) is 0 Å². The van der Waals surface area contributed by atoms with Gasteiger partial charge in [-0.05, 0) is 73.4 Å². The van der Waals surface area contributed by atoms with Crippen LogP contribution in [-0.2, 0) is 10.2 Å². The number of aliphatic carboxylic acids is 1. The molecule has 4 nitrogen and oxygen atoms in total. The maximum atomic E-state index is 13.1. The van der Waals surface area contributed by atoms with Crippen molar-refractivity contribution in [2.45, 2.75) is 125 Å². The van der Waals surface area contributed by atoms with Gasteiger partial charge in [0.05, 0.1) is 5.92 Å². The number of phenols is 2. The van der Waals surface area contributed by atoms with Crippen molar-refractivity contribution in [3.05, 3.63) is 53.6 Å². The second kappa shape index (κ2) is 16.2. The normalized spacial score (nSPS) is 19.5. The van der Waals surface area contributed by atoms with Crippen molar-refractivity contribution in [3.8, 4) is 11.5 Å². The van der Waals surface area contributed by atoms with E-state index in [2.05, 4.69) is 13.0 Å². The van der Waals surface area contributed by atoms with E-state index in [0.717, 1.165) is 68.4 Å². The molecule has 0 spiro atoms. The molecule has 0 aromatic heterocycles. The third-order valence-electron chi connectivity index (χ3n) is 9.02. The number of thioether (sulfide) groups is 1. The van der Waals surface area contributed by atoms with E-state index in [1.807, 2.05) is 18.2 Å². The predicted molar refractivity (Wildman–Crippen MR) is 164 cm³/mol. The Hall–Kier alpha value is -2.49. The standard InChI is InChI=1S/C34H45F5O4S/c1-2-20-32(25-14-16-26(40)17-15-25)23-44-30-22-27(41)18-19-28(30)29(32)13-9-7-5-3-4-6-8-11-24(31(42)43)12-10-21-33(35,36)34(37,38)39/h14-19,22,24,29,40-41H,2-13,20-21,23H2,1H3,(H,42,43). The molecule has 3 unspecified atom stereocenters. The summed E-state index contributed by atoms with van der Waals surface area (Å²) in [5, 5.41) is 29.4. The quantitative estimate of drug-likeness (QED) is 0.111. The van der Waals surface area contributed by atoms with E-state index >= 15 is 0 Å². The zero-order chi connectivity index (χ0) is 32.4. The topological polar surface area (TPSA) is 77.8 Å². The van der Waals surface area contributed by atoms with E-state index in [9.17, 15) is 42.1 Å². The highest BCUT2D eigenvalue weighted by Crippen LogP contribution is 2.55. The lowest BCUT2D eigenvalue weighted by molar-refractivity contribution is -0.284. The number of hydrogen-bond acceptors (Lipinski definition) is 4. The number of benzene rings is 2. The summed E-state index contributed by atoms with van der Waals surface area (Å²) in [4.78, 5) is 12.6. The van der Waals surface area contributed by atoms with Gasteiger partial charge in [-0.1, -0.05) is 76.5 Å². The van der Waals surface area contributed by atoms with Gasteiger partial charge in [0.1, 0.15) is 11.5 Å². The first-order chi connectivity index (χ1) is 20.8. The van der Waals surface area contributed by atoms with E-state index in [-0.39, 0.29) is 35.7 Å². The number of aromatic hydroxyl groups is 2. The van der Waals surface area contributed by atoms with Crippen molar-refractivity contribution in [1.82, 2.24) is 0 Å². The molecule has 0 saturated heterocycles. The van der Waals surface area contributed by atoms with Gasteiger partial charge in [0.15, 0.2) is 0 Å². The molecule has 0 saturated carbocycles. The molecule has 2 aromatic carbocycles. The van der Waals surface area contributed by atoms with Crippen LogP contribution in [0.15, 0.2) is 47.4 Å². The fourth-order valence-corrected chi connectivity index (χ4v) is 8.12. The zero-order valence-electron chi connectivity index (χ0n) is 25.4. The number of rotatable bonds is 18. The SMILES string of the molecule is CCCC1(c2ccc(O)cc2)CSc2cc(O)ccc2C1CCCCCCCCCC(CCCC(F)(F)C(F)(F)F)C(=O)O. The summed E-state index contributed by atoms with van der Waals surface area (Å²) in [6.07, 6.45) is 2.02. The van der Waals surface area contributed by atoms with Gasteiger partial charge in [-0.3, -0.25) is 4.79 Å². The van der Waals surface area contributed by atoms with Crippen LogP contribution in [0.1, 0.15) is 114 Å². The molecule has 3 rings (SSSR count). The average molecular weight is 645 g/mol. The Morgan fingerprint density at radius 3 is 2.09 bits per heavy atom. The van der Waals surface area contributed by atoms with Gasteiger partial charge < -0.3 is 15.3 Å². The van der Waals surface area contributed by atoms with Gasteiger partial charge in [0.2, 0.25) is 0 Å². The number of alkyl halides is 5. The molecule has 0 amide bonds. The predicted octanol–water partition coefficient (Wildman–Crippen LogP) is 10.6. The van der Waals surface area contributed by atoms with Crippen LogP contribution in [0.25, 0.3) is 0 Å². The first kappa shape index (κ1) is 36.0. The molecule has 0 bridgehead atoms. The Morgan fingerprint density at radius 2 is 1.48 bits per heavy atom. The number of fused-ring (bicyclic) bond motifs is 1. The maximum absolute atomic E-state index is 13.1. The number of unbranched alkanes of at least 4 members (excludes halogenated alkanes) is 6.